The summed E-state index contributed by atoms with van der Waals surface area (Å²) >= 11 is 0. The maximum Gasteiger partial charge on any atom is 0.126 e. The van der Waals surface area contributed by atoms with Gasteiger partial charge in [-0.2, -0.15) is 0 Å². The first kappa shape index (κ1) is 12.7. The standard InChI is InChI=1S/C15H15F2N/c1-10-2-4-12(5-3-10)15(18)8-11-6-13(16)9-14(17)7-11/h2-7,9,15H,8,18H2,1H3. The molecule has 0 saturated carbocycles. The average Bonchev–Trinajstić information content (AvgIpc) is 2.28. The first-order valence-electron chi connectivity index (χ1n) is 5.82. The van der Waals surface area contributed by atoms with Crippen LogP contribution in [0.4, 0.5) is 8.78 Å². The number of aryl methyl sites for hydroxylation is 1. The van der Waals surface area contributed by atoms with Crippen LogP contribution < -0.4 is 5.73 Å². The minimum Gasteiger partial charge on any atom is -0.324 e. The van der Waals surface area contributed by atoms with E-state index in [4.69, 9.17) is 5.73 Å². The van der Waals surface area contributed by atoms with Crippen molar-refractivity contribution in [2.24, 2.45) is 5.73 Å². The zero-order valence-electron chi connectivity index (χ0n) is 10.2. The summed E-state index contributed by atoms with van der Waals surface area (Å²) in [6.45, 7) is 2.00. The molecule has 3 heteroatoms. The van der Waals surface area contributed by atoms with Crippen LogP contribution in [0.5, 0.6) is 0 Å². The molecule has 2 aromatic rings. The van der Waals surface area contributed by atoms with E-state index in [9.17, 15) is 8.78 Å². The lowest BCUT2D eigenvalue weighted by Crippen LogP contribution is -2.13. The molecule has 1 atom stereocenters. The maximum atomic E-state index is 13.1. The number of hydrogen-bond donors (Lipinski definition) is 1. The Hall–Kier alpha value is -1.74. The third-order valence-electron chi connectivity index (χ3n) is 2.88. The Morgan fingerprint density at radius 1 is 1.00 bits per heavy atom. The van der Waals surface area contributed by atoms with Gasteiger partial charge < -0.3 is 5.73 Å². The van der Waals surface area contributed by atoms with Crippen molar-refractivity contribution < 1.29 is 8.78 Å². The lowest BCUT2D eigenvalue weighted by atomic mass is 9.99. The van der Waals surface area contributed by atoms with Crippen molar-refractivity contribution in [1.29, 1.82) is 0 Å². The summed E-state index contributed by atoms with van der Waals surface area (Å²) in [6, 6.07) is 11.1. The molecule has 0 radical (unpaired) electrons. The molecule has 1 unspecified atom stereocenters. The third kappa shape index (κ3) is 3.14. The Labute approximate surface area is 105 Å². The van der Waals surface area contributed by atoms with Crippen LogP contribution in [0.15, 0.2) is 42.5 Å². The lowest BCUT2D eigenvalue weighted by molar-refractivity contribution is 0.576. The second kappa shape index (κ2) is 5.27. The van der Waals surface area contributed by atoms with Crippen LogP contribution in [-0.2, 0) is 6.42 Å². The Balaban J connectivity index is 2.15. The van der Waals surface area contributed by atoms with Gasteiger partial charge in [0.2, 0.25) is 0 Å². The van der Waals surface area contributed by atoms with E-state index in [1.165, 1.54) is 12.1 Å². The first-order chi connectivity index (χ1) is 8.54. The normalized spacial score (nSPS) is 12.4. The maximum absolute atomic E-state index is 13.1. The topological polar surface area (TPSA) is 26.0 Å². The average molecular weight is 247 g/mol. The highest BCUT2D eigenvalue weighted by Crippen LogP contribution is 2.18. The van der Waals surface area contributed by atoms with E-state index in [0.29, 0.717) is 12.0 Å². The molecule has 94 valence electrons. The summed E-state index contributed by atoms with van der Waals surface area (Å²) in [4.78, 5) is 0. The van der Waals surface area contributed by atoms with Crippen LogP contribution >= 0.6 is 0 Å². The molecule has 0 fully saturated rings. The van der Waals surface area contributed by atoms with Crippen molar-refractivity contribution in [3.05, 3.63) is 70.8 Å². The molecule has 0 aliphatic carbocycles. The predicted octanol–water partition coefficient (Wildman–Crippen LogP) is 3.52. The van der Waals surface area contributed by atoms with Gasteiger partial charge in [0.15, 0.2) is 0 Å². The van der Waals surface area contributed by atoms with Crippen molar-refractivity contribution in [3.8, 4) is 0 Å². The van der Waals surface area contributed by atoms with Crippen molar-refractivity contribution >= 4 is 0 Å². The van der Waals surface area contributed by atoms with Crippen molar-refractivity contribution in [1.82, 2.24) is 0 Å². The Kier molecular flexibility index (Phi) is 3.72. The Morgan fingerprint density at radius 2 is 1.56 bits per heavy atom. The molecule has 0 spiro atoms. The van der Waals surface area contributed by atoms with Gasteiger partial charge in [0.1, 0.15) is 11.6 Å². The summed E-state index contributed by atoms with van der Waals surface area (Å²) in [5.74, 6) is -1.14. The molecule has 0 aromatic heterocycles. The molecule has 0 saturated heterocycles. The summed E-state index contributed by atoms with van der Waals surface area (Å²) in [5, 5.41) is 0. The molecule has 1 nitrogen and oxygen atoms in total. The highest BCUT2D eigenvalue weighted by molar-refractivity contribution is 5.27. The second-order valence-corrected chi connectivity index (χ2v) is 4.50. The fourth-order valence-electron chi connectivity index (χ4n) is 1.91. The SMILES string of the molecule is Cc1ccc(C(N)Cc2cc(F)cc(F)c2)cc1. The minimum atomic E-state index is -0.568. The summed E-state index contributed by atoms with van der Waals surface area (Å²) in [7, 11) is 0. The summed E-state index contributed by atoms with van der Waals surface area (Å²) < 4.78 is 26.1. The van der Waals surface area contributed by atoms with E-state index in [1.807, 2.05) is 31.2 Å². The molecule has 2 aromatic carbocycles. The van der Waals surface area contributed by atoms with Gasteiger partial charge in [0.05, 0.1) is 0 Å². The summed E-state index contributed by atoms with van der Waals surface area (Å²) in [6.07, 6.45) is 0.414. The fraction of sp³-hybridized carbons (Fsp3) is 0.200. The predicted molar refractivity (Wildman–Crippen MR) is 68.2 cm³/mol. The van der Waals surface area contributed by atoms with Gasteiger partial charge in [-0.05, 0) is 36.6 Å². The van der Waals surface area contributed by atoms with Gasteiger partial charge in [-0.25, -0.2) is 8.78 Å². The van der Waals surface area contributed by atoms with Crippen LogP contribution in [0.1, 0.15) is 22.7 Å². The largest absolute Gasteiger partial charge is 0.324 e. The molecule has 0 aliphatic heterocycles. The smallest absolute Gasteiger partial charge is 0.126 e. The van der Waals surface area contributed by atoms with Gasteiger partial charge in [-0.1, -0.05) is 29.8 Å². The van der Waals surface area contributed by atoms with Crippen LogP contribution in [0.2, 0.25) is 0 Å². The number of hydrogen-bond acceptors (Lipinski definition) is 1. The molecule has 0 heterocycles. The Morgan fingerprint density at radius 3 is 2.11 bits per heavy atom. The highest BCUT2D eigenvalue weighted by Gasteiger charge is 2.09. The monoisotopic (exact) mass is 247 g/mol. The second-order valence-electron chi connectivity index (χ2n) is 4.50. The van der Waals surface area contributed by atoms with Crippen LogP contribution in [0, 0.1) is 18.6 Å². The lowest BCUT2D eigenvalue weighted by Gasteiger charge is -2.12. The summed E-state index contributed by atoms with van der Waals surface area (Å²) in [5.41, 5.74) is 8.72. The van der Waals surface area contributed by atoms with E-state index in [-0.39, 0.29) is 6.04 Å². The number of rotatable bonds is 3. The van der Waals surface area contributed by atoms with Gasteiger partial charge in [-0.15, -0.1) is 0 Å². The van der Waals surface area contributed by atoms with E-state index in [1.54, 1.807) is 0 Å². The zero-order chi connectivity index (χ0) is 13.1. The molecular weight excluding hydrogens is 232 g/mol. The fourth-order valence-corrected chi connectivity index (χ4v) is 1.91. The minimum absolute atomic E-state index is 0.258. The van der Waals surface area contributed by atoms with E-state index < -0.39 is 11.6 Å². The number of benzene rings is 2. The molecule has 2 rings (SSSR count). The van der Waals surface area contributed by atoms with Gasteiger partial charge in [0.25, 0.3) is 0 Å². The zero-order valence-corrected chi connectivity index (χ0v) is 10.2. The van der Waals surface area contributed by atoms with Gasteiger partial charge >= 0.3 is 0 Å². The van der Waals surface area contributed by atoms with E-state index in [2.05, 4.69) is 0 Å². The van der Waals surface area contributed by atoms with Crippen LogP contribution in [-0.4, -0.2) is 0 Å². The highest BCUT2D eigenvalue weighted by atomic mass is 19.1. The number of nitrogens with two attached hydrogens (primary N) is 1. The van der Waals surface area contributed by atoms with Crippen molar-refractivity contribution in [2.45, 2.75) is 19.4 Å². The van der Waals surface area contributed by atoms with E-state index in [0.717, 1.165) is 17.2 Å². The van der Waals surface area contributed by atoms with Gasteiger partial charge in [0, 0.05) is 12.1 Å². The molecule has 0 bridgehead atoms. The van der Waals surface area contributed by atoms with E-state index >= 15 is 0 Å². The van der Waals surface area contributed by atoms with Gasteiger partial charge in [-0.3, -0.25) is 0 Å². The van der Waals surface area contributed by atoms with Crippen molar-refractivity contribution in [3.63, 3.8) is 0 Å². The quantitative estimate of drug-likeness (QED) is 0.882. The molecular formula is C15H15F2N. The van der Waals surface area contributed by atoms with Crippen molar-refractivity contribution in [2.75, 3.05) is 0 Å². The molecule has 18 heavy (non-hydrogen) atoms. The molecule has 0 aliphatic rings. The van der Waals surface area contributed by atoms with Crippen LogP contribution in [0.25, 0.3) is 0 Å². The molecule has 0 amide bonds. The first-order valence-corrected chi connectivity index (χ1v) is 5.82. The number of halogens is 2. The molecule has 2 N–H and O–H groups in total. The Bertz CT molecular complexity index is 514. The third-order valence-corrected chi connectivity index (χ3v) is 2.88. The van der Waals surface area contributed by atoms with Crippen LogP contribution in [0.3, 0.4) is 0 Å².